The number of hydrogen-bond acceptors (Lipinski definition) is 4. The lowest BCUT2D eigenvalue weighted by molar-refractivity contribution is -0.117. The lowest BCUT2D eigenvalue weighted by atomic mass is 9.85. The molecule has 0 spiro atoms. The zero-order chi connectivity index (χ0) is 12.9. The van der Waals surface area contributed by atoms with E-state index in [0.717, 1.165) is 11.3 Å². The molecule has 0 radical (unpaired) electrons. The number of rotatable bonds is 0. The van der Waals surface area contributed by atoms with Crippen molar-refractivity contribution in [2.75, 3.05) is 0 Å². The van der Waals surface area contributed by atoms with Gasteiger partial charge in [-0.2, -0.15) is 0 Å². The van der Waals surface area contributed by atoms with Crippen molar-refractivity contribution in [3.63, 3.8) is 0 Å². The van der Waals surface area contributed by atoms with E-state index in [2.05, 4.69) is 4.99 Å². The molecule has 4 nitrogen and oxygen atoms in total. The number of nitrogens with two attached hydrogens (primary N) is 1. The van der Waals surface area contributed by atoms with E-state index >= 15 is 0 Å². The van der Waals surface area contributed by atoms with E-state index in [9.17, 15) is 4.79 Å². The minimum absolute atomic E-state index is 0.0231. The van der Waals surface area contributed by atoms with Gasteiger partial charge >= 0.3 is 0 Å². The number of benzene rings is 1. The number of ether oxygens (including phenoxy) is 1. The van der Waals surface area contributed by atoms with Crippen LogP contribution < -0.4 is 10.5 Å². The highest BCUT2D eigenvalue weighted by Gasteiger charge is 2.42. The molecular formula is C14H14N2O2. The molecule has 0 amide bonds. The molecule has 0 saturated heterocycles. The van der Waals surface area contributed by atoms with Gasteiger partial charge in [-0.3, -0.25) is 4.79 Å². The molecule has 1 aromatic rings. The summed E-state index contributed by atoms with van der Waals surface area (Å²) in [5.41, 5.74) is 8.06. The highest BCUT2D eigenvalue weighted by Crippen LogP contribution is 2.40. The second-order valence-corrected chi connectivity index (χ2v) is 5.01. The summed E-state index contributed by atoms with van der Waals surface area (Å²) >= 11 is 0. The molecular weight excluding hydrogens is 228 g/mol. The second kappa shape index (κ2) is 3.45. The number of carbonyl (C=O) groups excluding carboxylic acids is 1. The monoisotopic (exact) mass is 242 g/mol. The van der Waals surface area contributed by atoms with Crippen molar-refractivity contribution < 1.29 is 9.53 Å². The Hall–Kier alpha value is -2.10. The van der Waals surface area contributed by atoms with Crippen LogP contribution in [0.2, 0.25) is 0 Å². The molecule has 1 aliphatic carbocycles. The van der Waals surface area contributed by atoms with E-state index in [1.807, 2.05) is 32.0 Å². The Morgan fingerprint density at radius 1 is 1.44 bits per heavy atom. The van der Waals surface area contributed by atoms with E-state index in [1.54, 1.807) is 0 Å². The molecule has 92 valence electrons. The van der Waals surface area contributed by atoms with Crippen LogP contribution in [0.4, 0.5) is 5.69 Å². The molecule has 1 aliphatic heterocycles. The van der Waals surface area contributed by atoms with Crippen LogP contribution in [-0.4, -0.2) is 17.1 Å². The first kappa shape index (κ1) is 11.0. The average Bonchev–Trinajstić information content (AvgIpc) is 2.25. The van der Waals surface area contributed by atoms with Crippen LogP contribution in [0, 0.1) is 6.92 Å². The summed E-state index contributed by atoms with van der Waals surface area (Å²) < 4.78 is 5.97. The molecule has 18 heavy (non-hydrogen) atoms. The first-order valence-electron chi connectivity index (χ1n) is 5.87. The topological polar surface area (TPSA) is 64.7 Å². The zero-order valence-electron chi connectivity index (χ0n) is 10.4. The minimum atomic E-state index is -0.739. The van der Waals surface area contributed by atoms with Crippen LogP contribution in [0.3, 0.4) is 0 Å². The number of fused-ring (bicyclic) bond motifs is 2. The number of nitrogens with zero attached hydrogens (tertiary/aromatic N) is 1. The van der Waals surface area contributed by atoms with Gasteiger partial charge in [-0.15, -0.1) is 0 Å². The van der Waals surface area contributed by atoms with Gasteiger partial charge in [-0.25, -0.2) is 4.99 Å². The Kier molecular flexibility index (Phi) is 2.11. The van der Waals surface area contributed by atoms with Gasteiger partial charge in [0.2, 0.25) is 0 Å². The third-order valence-electron chi connectivity index (χ3n) is 3.29. The van der Waals surface area contributed by atoms with Crippen molar-refractivity contribution in [2.45, 2.75) is 25.9 Å². The molecule has 0 aromatic heterocycles. The lowest BCUT2D eigenvalue weighted by Crippen LogP contribution is -2.49. The van der Waals surface area contributed by atoms with Crippen LogP contribution in [0.1, 0.15) is 18.9 Å². The van der Waals surface area contributed by atoms with Gasteiger partial charge in [-0.05, 0) is 31.5 Å². The maximum Gasteiger partial charge on any atom is 0.162 e. The van der Waals surface area contributed by atoms with Gasteiger partial charge in [0, 0.05) is 6.08 Å². The molecule has 3 rings (SSSR count). The highest BCUT2D eigenvalue weighted by atomic mass is 16.5. The van der Waals surface area contributed by atoms with E-state index < -0.39 is 5.60 Å². The molecule has 2 N–H and O–H groups in total. The summed E-state index contributed by atoms with van der Waals surface area (Å²) in [7, 11) is 0. The van der Waals surface area contributed by atoms with E-state index in [0.29, 0.717) is 17.2 Å². The summed E-state index contributed by atoms with van der Waals surface area (Å²) in [5.74, 6) is 0.689. The number of aryl methyl sites for hydroxylation is 1. The van der Waals surface area contributed by atoms with E-state index in [1.165, 1.54) is 6.08 Å². The fraction of sp³-hybridized carbons (Fsp3) is 0.286. The number of allylic oxidation sites excluding steroid dienone is 1. The van der Waals surface area contributed by atoms with Crippen molar-refractivity contribution in [3.05, 3.63) is 35.5 Å². The van der Waals surface area contributed by atoms with Gasteiger partial charge in [0.15, 0.2) is 11.4 Å². The van der Waals surface area contributed by atoms with Crippen molar-refractivity contribution >= 4 is 17.2 Å². The Morgan fingerprint density at radius 2 is 2.22 bits per heavy atom. The lowest BCUT2D eigenvalue weighted by Gasteiger charge is -2.37. The quantitative estimate of drug-likeness (QED) is 0.757. The third kappa shape index (κ3) is 1.53. The van der Waals surface area contributed by atoms with Crippen molar-refractivity contribution in [1.82, 2.24) is 0 Å². The molecule has 1 heterocycles. The third-order valence-corrected chi connectivity index (χ3v) is 3.29. The molecule has 1 atom stereocenters. The molecule has 0 fully saturated rings. The summed E-state index contributed by atoms with van der Waals surface area (Å²) in [5, 5.41) is 0. The fourth-order valence-electron chi connectivity index (χ4n) is 2.44. The summed E-state index contributed by atoms with van der Waals surface area (Å²) in [6.45, 7) is 3.85. The van der Waals surface area contributed by atoms with Gasteiger partial charge in [-0.1, -0.05) is 6.07 Å². The first-order valence-corrected chi connectivity index (χ1v) is 5.87. The zero-order valence-corrected chi connectivity index (χ0v) is 10.4. The SMILES string of the molecule is Cc1ccc2c(c1)OC1(C)CC(=O)C=C(N)C1=N2. The van der Waals surface area contributed by atoms with Gasteiger partial charge < -0.3 is 10.5 Å². The van der Waals surface area contributed by atoms with Gasteiger partial charge in [0.25, 0.3) is 0 Å². The standard InChI is InChI=1S/C14H14N2O2/c1-8-3-4-11-12(5-8)18-14(2)7-9(17)6-10(15)13(14)16-11/h3-6H,7,15H2,1-2H3. The van der Waals surface area contributed by atoms with Crippen LogP contribution in [0.15, 0.2) is 35.0 Å². The minimum Gasteiger partial charge on any atom is -0.478 e. The highest BCUT2D eigenvalue weighted by molar-refractivity contribution is 6.16. The fourth-order valence-corrected chi connectivity index (χ4v) is 2.44. The van der Waals surface area contributed by atoms with Crippen LogP contribution in [0.25, 0.3) is 0 Å². The summed E-state index contributed by atoms with van der Waals surface area (Å²) in [4.78, 5) is 16.2. The predicted octanol–water partition coefficient (Wildman–Crippen LogP) is 2.03. The first-order chi connectivity index (χ1) is 8.48. The van der Waals surface area contributed by atoms with E-state index in [-0.39, 0.29) is 12.2 Å². The van der Waals surface area contributed by atoms with Crippen LogP contribution in [-0.2, 0) is 4.79 Å². The Labute approximate surface area is 105 Å². The van der Waals surface area contributed by atoms with Crippen LogP contribution >= 0.6 is 0 Å². The molecule has 1 aromatic carbocycles. The number of hydrogen-bond donors (Lipinski definition) is 1. The maximum atomic E-state index is 11.6. The van der Waals surface area contributed by atoms with Crippen LogP contribution in [0.5, 0.6) is 5.75 Å². The van der Waals surface area contributed by atoms with Crippen molar-refractivity contribution in [2.24, 2.45) is 10.7 Å². The van der Waals surface area contributed by atoms with Crippen molar-refractivity contribution in [1.29, 1.82) is 0 Å². The Bertz CT molecular complexity index is 616. The number of ketones is 1. The summed E-state index contributed by atoms with van der Waals surface area (Å²) in [6, 6.07) is 5.81. The van der Waals surface area contributed by atoms with E-state index in [4.69, 9.17) is 10.5 Å². The molecule has 1 unspecified atom stereocenters. The van der Waals surface area contributed by atoms with Crippen molar-refractivity contribution in [3.8, 4) is 5.75 Å². The summed E-state index contributed by atoms with van der Waals surface area (Å²) in [6.07, 6.45) is 1.71. The normalized spacial score (nSPS) is 25.6. The number of aliphatic imine (C=N–C) groups is 1. The molecule has 4 heteroatoms. The van der Waals surface area contributed by atoms with Gasteiger partial charge in [0.1, 0.15) is 17.1 Å². The molecule has 0 saturated carbocycles. The Balaban J connectivity index is 2.19. The molecule has 2 aliphatic rings. The Morgan fingerprint density at radius 3 is 3.00 bits per heavy atom. The number of carbonyl (C=O) groups is 1. The smallest absolute Gasteiger partial charge is 0.162 e. The van der Waals surface area contributed by atoms with Gasteiger partial charge in [0.05, 0.1) is 12.1 Å². The largest absolute Gasteiger partial charge is 0.478 e. The average molecular weight is 242 g/mol. The maximum absolute atomic E-state index is 11.6. The predicted molar refractivity (Wildman–Crippen MR) is 69.2 cm³/mol. The second-order valence-electron chi connectivity index (χ2n) is 5.01. The molecule has 0 bridgehead atoms.